The molecule has 2 rings (SSSR count). The molecule has 0 saturated carbocycles. The second-order valence-electron chi connectivity index (χ2n) is 2.64. The largest absolute Gasteiger partial charge is 0.492 e. The number of hydrogen-bond acceptors (Lipinski definition) is 6. The number of thiophene rings is 1. The van der Waals surface area contributed by atoms with Crippen molar-refractivity contribution in [1.29, 1.82) is 0 Å². The molecule has 0 N–H and O–H groups in total. The number of aromatic nitrogens is 2. The molecular weight excluding hydrogens is 216 g/mol. The van der Waals surface area contributed by atoms with Gasteiger partial charge >= 0.3 is 6.08 Å². The van der Waals surface area contributed by atoms with Gasteiger partial charge in [0.2, 0.25) is 5.82 Å². The number of ether oxygens (including phenoxy) is 2. The highest BCUT2D eigenvalue weighted by molar-refractivity contribution is 7.13. The highest BCUT2D eigenvalue weighted by Gasteiger charge is 2.14. The van der Waals surface area contributed by atoms with Gasteiger partial charge in [0, 0.05) is 0 Å². The molecular formula is C9H10N2O3S. The summed E-state index contributed by atoms with van der Waals surface area (Å²) in [6.07, 6.45) is 0.154. The van der Waals surface area contributed by atoms with E-state index in [2.05, 4.69) is 10.1 Å². The Morgan fingerprint density at radius 1 is 1.53 bits per heavy atom. The lowest BCUT2D eigenvalue weighted by Gasteiger charge is -1.99. The van der Waals surface area contributed by atoms with Crippen LogP contribution in [0.4, 0.5) is 0 Å². The van der Waals surface area contributed by atoms with Crippen molar-refractivity contribution >= 4 is 11.3 Å². The molecule has 0 radical (unpaired) electrons. The normalized spacial score (nSPS) is 10.3. The van der Waals surface area contributed by atoms with E-state index < -0.39 is 0 Å². The average molecular weight is 226 g/mol. The molecule has 0 amide bonds. The highest BCUT2D eigenvalue weighted by Crippen LogP contribution is 2.34. The smallest absolute Gasteiger partial charge is 0.417 e. The monoisotopic (exact) mass is 226 g/mol. The fourth-order valence-electron chi connectivity index (χ4n) is 1.11. The van der Waals surface area contributed by atoms with Crippen molar-refractivity contribution in [2.75, 3.05) is 13.7 Å². The fourth-order valence-corrected chi connectivity index (χ4v) is 1.87. The van der Waals surface area contributed by atoms with E-state index in [-0.39, 0.29) is 6.08 Å². The van der Waals surface area contributed by atoms with E-state index in [0.717, 1.165) is 10.6 Å². The van der Waals surface area contributed by atoms with Gasteiger partial charge in [-0.2, -0.15) is 4.98 Å². The number of rotatable bonds is 4. The SMILES string of the molecule is CCOc1ccsc1-c1noc(OC)n1. The summed E-state index contributed by atoms with van der Waals surface area (Å²) in [6, 6.07) is 1.88. The van der Waals surface area contributed by atoms with E-state index in [9.17, 15) is 0 Å². The van der Waals surface area contributed by atoms with Gasteiger partial charge in [0.15, 0.2) is 0 Å². The van der Waals surface area contributed by atoms with Crippen LogP contribution in [0.3, 0.4) is 0 Å². The van der Waals surface area contributed by atoms with E-state index in [1.54, 1.807) is 0 Å². The first kappa shape index (κ1) is 9.97. The molecule has 2 aromatic heterocycles. The van der Waals surface area contributed by atoms with Crippen LogP contribution < -0.4 is 9.47 Å². The second-order valence-corrected chi connectivity index (χ2v) is 3.55. The molecule has 80 valence electrons. The lowest BCUT2D eigenvalue weighted by Crippen LogP contribution is -1.91. The Balaban J connectivity index is 2.31. The van der Waals surface area contributed by atoms with Crippen molar-refractivity contribution in [3.8, 4) is 22.5 Å². The van der Waals surface area contributed by atoms with Crippen LogP contribution in [0, 0.1) is 0 Å². The summed E-state index contributed by atoms with van der Waals surface area (Å²) in [5.74, 6) is 1.26. The molecule has 0 saturated heterocycles. The topological polar surface area (TPSA) is 57.4 Å². The number of nitrogens with zero attached hydrogens (tertiary/aromatic N) is 2. The zero-order valence-corrected chi connectivity index (χ0v) is 9.21. The van der Waals surface area contributed by atoms with Crippen LogP contribution in [-0.4, -0.2) is 23.9 Å². The summed E-state index contributed by atoms with van der Waals surface area (Å²) < 4.78 is 15.1. The molecule has 0 aromatic carbocycles. The summed E-state index contributed by atoms with van der Waals surface area (Å²) in [5.41, 5.74) is 0. The minimum atomic E-state index is 0.154. The van der Waals surface area contributed by atoms with Gasteiger partial charge in [-0.25, -0.2) is 0 Å². The van der Waals surface area contributed by atoms with Crippen LogP contribution in [0.5, 0.6) is 11.8 Å². The maximum absolute atomic E-state index is 5.42. The molecule has 0 bridgehead atoms. The Kier molecular flexibility index (Phi) is 2.86. The van der Waals surface area contributed by atoms with Crippen molar-refractivity contribution in [1.82, 2.24) is 10.1 Å². The first-order chi connectivity index (χ1) is 7.35. The van der Waals surface area contributed by atoms with Crippen LogP contribution in [0.2, 0.25) is 0 Å². The van der Waals surface area contributed by atoms with E-state index in [1.165, 1.54) is 18.4 Å². The Bertz CT molecular complexity index is 438. The van der Waals surface area contributed by atoms with E-state index in [0.29, 0.717) is 12.4 Å². The zero-order valence-electron chi connectivity index (χ0n) is 8.39. The predicted molar refractivity (Wildman–Crippen MR) is 55.3 cm³/mol. The molecule has 2 aromatic rings. The standard InChI is InChI=1S/C9H10N2O3S/c1-3-13-6-4-5-15-7(6)8-10-9(12-2)14-11-8/h4-5H,3H2,1-2H3. The average Bonchev–Trinajstić information content (AvgIpc) is 2.85. The van der Waals surface area contributed by atoms with Crippen molar-refractivity contribution in [3.63, 3.8) is 0 Å². The molecule has 0 aliphatic carbocycles. The van der Waals surface area contributed by atoms with Crippen LogP contribution in [-0.2, 0) is 0 Å². The second kappa shape index (κ2) is 4.31. The molecule has 0 spiro atoms. The quantitative estimate of drug-likeness (QED) is 0.799. The van der Waals surface area contributed by atoms with Crippen molar-refractivity contribution in [2.24, 2.45) is 0 Å². The first-order valence-electron chi connectivity index (χ1n) is 4.43. The van der Waals surface area contributed by atoms with Crippen LogP contribution in [0.25, 0.3) is 10.7 Å². The first-order valence-corrected chi connectivity index (χ1v) is 5.31. The van der Waals surface area contributed by atoms with E-state index in [1.807, 2.05) is 18.4 Å². The highest BCUT2D eigenvalue weighted by atomic mass is 32.1. The molecule has 15 heavy (non-hydrogen) atoms. The molecule has 0 aliphatic heterocycles. The third-order valence-electron chi connectivity index (χ3n) is 1.71. The molecule has 0 atom stereocenters. The third kappa shape index (κ3) is 1.94. The van der Waals surface area contributed by atoms with Gasteiger partial charge < -0.3 is 9.47 Å². The van der Waals surface area contributed by atoms with Gasteiger partial charge in [0.05, 0.1) is 13.7 Å². The van der Waals surface area contributed by atoms with Crippen molar-refractivity contribution < 1.29 is 14.0 Å². The summed E-state index contributed by atoms with van der Waals surface area (Å²) in [4.78, 5) is 4.90. The lowest BCUT2D eigenvalue weighted by molar-refractivity contribution is 0.250. The van der Waals surface area contributed by atoms with Crippen LogP contribution in [0.1, 0.15) is 6.92 Å². The third-order valence-corrected chi connectivity index (χ3v) is 2.61. The van der Waals surface area contributed by atoms with Crippen molar-refractivity contribution in [2.45, 2.75) is 6.92 Å². The molecule has 5 nitrogen and oxygen atoms in total. The maximum Gasteiger partial charge on any atom is 0.417 e. The van der Waals surface area contributed by atoms with Gasteiger partial charge in [-0.15, -0.1) is 11.3 Å². The zero-order chi connectivity index (χ0) is 10.7. The van der Waals surface area contributed by atoms with Gasteiger partial charge in [-0.05, 0) is 18.4 Å². The Hall–Kier alpha value is -1.56. The Morgan fingerprint density at radius 2 is 2.40 bits per heavy atom. The van der Waals surface area contributed by atoms with Gasteiger partial charge in [-0.1, -0.05) is 5.16 Å². The molecule has 2 heterocycles. The van der Waals surface area contributed by atoms with Gasteiger partial charge in [0.1, 0.15) is 10.6 Å². The fraction of sp³-hybridized carbons (Fsp3) is 0.333. The molecule has 0 unspecified atom stereocenters. The molecule has 0 fully saturated rings. The van der Waals surface area contributed by atoms with Crippen LogP contribution >= 0.6 is 11.3 Å². The number of methoxy groups -OCH3 is 1. The van der Waals surface area contributed by atoms with Gasteiger partial charge in [-0.3, -0.25) is 4.52 Å². The van der Waals surface area contributed by atoms with Crippen LogP contribution in [0.15, 0.2) is 16.0 Å². The molecule has 0 aliphatic rings. The van der Waals surface area contributed by atoms with E-state index >= 15 is 0 Å². The van der Waals surface area contributed by atoms with Crippen molar-refractivity contribution in [3.05, 3.63) is 11.4 Å². The minimum Gasteiger partial charge on any atom is -0.492 e. The molecule has 6 heteroatoms. The Morgan fingerprint density at radius 3 is 3.07 bits per heavy atom. The summed E-state index contributed by atoms with van der Waals surface area (Å²) >= 11 is 1.50. The maximum atomic E-state index is 5.42. The van der Waals surface area contributed by atoms with E-state index in [4.69, 9.17) is 14.0 Å². The summed E-state index contributed by atoms with van der Waals surface area (Å²) in [5, 5.41) is 5.71. The lowest BCUT2D eigenvalue weighted by atomic mass is 10.4. The van der Waals surface area contributed by atoms with Gasteiger partial charge in [0.25, 0.3) is 0 Å². The minimum absolute atomic E-state index is 0.154. The summed E-state index contributed by atoms with van der Waals surface area (Å²) in [6.45, 7) is 2.54. The summed E-state index contributed by atoms with van der Waals surface area (Å²) in [7, 11) is 1.48. The predicted octanol–water partition coefficient (Wildman–Crippen LogP) is 2.21. The Labute approximate surface area is 90.6 Å². The number of hydrogen-bond donors (Lipinski definition) is 0.